The second kappa shape index (κ2) is 4.49. The Labute approximate surface area is 117 Å². The summed E-state index contributed by atoms with van der Waals surface area (Å²) in [6.07, 6.45) is 1.77. The third-order valence-corrected chi connectivity index (χ3v) is 4.12. The van der Waals surface area contributed by atoms with Crippen molar-refractivity contribution in [1.82, 2.24) is 19.3 Å². The first-order chi connectivity index (χ1) is 9.07. The van der Waals surface area contributed by atoms with Crippen LogP contribution in [-0.4, -0.2) is 38.4 Å². The number of imidazole rings is 1. The van der Waals surface area contributed by atoms with E-state index in [-0.39, 0.29) is 5.54 Å². The molecule has 0 N–H and O–H groups in total. The normalized spacial score (nSPS) is 23.6. The summed E-state index contributed by atoms with van der Waals surface area (Å²) in [6, 6.07) is 0. The molecule has 3 rings (SSSR count). The van der Waals surface area contributed by atoms with Crippen LogP contribution in [0.25, 0.3) is 11.2 Å². The molecule has 1 saturated heterocycles. The lowest BCUT2D eigenvalue weighted by Crippen LogP contribution is -2.33. The van der Waals surface area contributed by atoms with Crippen molar-refractivity contribution in [2.75, 3.05) is 19.1 Å². The quantitative estimate of drug-likeness (QED) is 0.809. The molecule has 0 radical (unpaired) electrons. The molecule has 1 unspecified atom stereocenters. The van der Waals surface area contributed by atoms with Crippen LogP contribution < -0.4 is 0 Å². The first kappa shape index (κ1) is 12.9. The van der Waals surface area contributed by atoms with Gasteiger partial charge in [0.25, 0.3) is 0 Å². The minimum Gasteiger partial charge on any atom is -0.379 e. The number of hydrogen-bond acceptors (Lipinski definition) is 3. The van der Waals surface area contributed by atoms with Crippen LogP contribution in [0.3, 0.4) is 0 Å². The van der Waals surface area contributed by atoms with E-state index in [1.165, 1.54) is 0 Å². The van der Waals surface area contributed by atoms with E-state index in [4.69, 9.17) is 21.3 Å². The van der Waals surface area contributed by atoms with E-state index in [9.17, 15) is 0 Å². The molecule has 1 aliphatic rings. The molecule has 104 valence electrons. The maximum atomic E-state index is 5.93. The zero-order valence-electron chi connectivity index (χ0n) is 11.6. The molecule has 0 saturated carbocycles. The fourth-order valence-corrected chi connectivity index (χ4v) is 3.14. The van der Waals surface area contributed by atoms with Gasteiger partial charge in [0.1, 0.15) is 11.3 Å². The number of aromatic nitrogens is 4. The lowest BCUT2D eigenvalue weighted by molar-refractivity contribution is 0.161. The summed E-state index contributed by atoms with van der Waals surface area (Å²) in [5, 5.41) is 4.47. The molecule has 19 heavy (non-hydrogen) atoms. The third-order valence-electron chi connectivity index (χ3n) is 3.93. The summed E-state index contributed by atoms with van der Waals surface area (Å²) in [5.74, 6) is 1.61. The van der Waals surface area contributed by atoms with Crippen LogP contribution in [-0.2, 0) is 23.7 Å². The van der Waals surface area contributed by atoms with Crippen molar-refractivity contribution in [2.24, 2.45) is 7.05 Å². The molecular formula is C13H19ClN4O. The van der Waals surface area contributed by atoms with Gasteiger partial charge < -0.3 is 9.30 Å². The smallest absolute Gasteiger partial charge is 0.159 e. The average Bonchev–Trinajstić information content (AvgIpc) is 2.99. The molecule has 0 aromatic carbocycles. The molecule has 6 heteroatoms. The van der Waals surface area contributed by atoms with E-state index in [1.54, 1.807) is 0 Å². The summed E-state index contributed by atoms with van der Waals surface area (Å²) in [5.41, 5.74) is 2.98. The first-order valence-electron chi connectivity index (χ1n) is 6.62. The van der Waals surface area contributed by atoms with Gasteiger partial charge in [0.05, 0.1) is 17.8 Å². The highest BCUT2D eigenvalue weighted by Crippen LogP contribution is 2.33. The third kappa shape index (κ3) is 1.87. The Morgan fingerprint density at radius 2 is 2.26 bits per heavy atom. The monoisotopic (exact) mass is 282 g/mol. The average molecular weight is 283 g/mol. The fourth-order valence-electron chi connectivity index (χ4n) is 2.97. The molecular weight excluding hydrogens is 264 g/mol. The van der Waals surface area contributed by atoms with Crippen molar-refractivity contribution >= 4 is 22.8 Å². The molecule has 1 aliphatic heterocycles. The minimum atomic E-state index is -0.0453. The largest absolute Gasteiger partial charge is 0.379 e. The summed E-state index contributed by atoms with van der Waals surface area (Å²) in [4.78, 5) is 4.75. The number of aryl methyl sites for hydroxylation is 3. The zero-order chi connectivity index (χ0) is 13.6. The van der Waals surface area contributed by atoms with Gasteiger partial charge in [0.15, 0.2) is 5.65 Å². The number of nitrogens with zero attached hydrogens (tertiary/aromatic N) is 4. The maximum absolute atomic E-state index is 5.93. The number of alkyl halides is 1. The predicted molar refractivity (Wildman–Crippen MR) is 74.7 cm³/mol. The number of rotatable bonds is 3. The molecule has 2 aromatic heterocycles. The highest BCUT2D eigenvalue weighted by Gasteiger charge is 2.36. The lowest BCUT2D eigenvalue weighted by Gasteiger charge is -2.27. The number of fused-ring (bicyclic) bond motifs is 1. The summed E-state index contributed by atoms with van der Waals surface area (Å²) < 4.78 is 9.81. The fraction of sp³-hybridized carbons (Fsp3) is 0.692. The Hall–Kier alpha value is -1.07. The molecule has 2 aromatic rings. The number of ether oxygens (including phenoxy) is 1. The van der Waals surface area contributed by atoms with Gasteiger partial charge in [-0.2, -0.15) is 5.10 Å². The van der Waals surface area contributed by atoms with Gasteiger partial charge in [-0.25, -0.2) is 4.98 Å². The van der Waals surface area contributed by atoms with Crippen molar-refractivity contribution in [3.05, 3.63) is 11.5 Å². The molecule has 5 nitrogen and oxygen atoms in total. The predicted octanol–water partition coefficient (Wildman–Crippen LogP) is 2.00. The summed E-state index contributed by atoms with van der Waals surface area (Å²) >= 11 is 5.93. The van der Waals surface area contributed by atoms with Gasteiger partial charge in [-0.1, -0.05) is 0 Å². The molecule has 0 aliphatic carbocycles. The van der Waals surface area contributed by atoms with E-state index in [0.717, 1.165) is 48.7 Å². The Kier molecular flexibility index (Phi) is 3.06. The van der Waals surface area contributed by atoms with E-state index < -0.39 is 0 Å². The van der Waals surface area contributed by atoms with Gasteiger partial charge in [-0.05, 0) is 20.3 Å². The van der Waals surface area contributed by atoms with E-state index in [0.29, 0.717) is 5.88 Å². The number of hydrogen-bond donors (Lipinski definition) is 0. The molecule has 0 spiro atoms. The number of halogens is 1. The first-order valence-corrected chi connectivity index (χ1v) is 7.15. The molecule has 3 heterocycles. The van der Waals surface area contributed by atoms with Crippen molar-refractivity contribution in [1.29, 1.82) is 0 Å². The van der Waals surface area contributed by atoms with Crippen LogP contribution in [0.15, 0.2) is 0 Å². The minimum absolute atomic E-state index is 0.0453. The van der Waals surface area contributed by atoms with Crippen LogP contribution in [0.2, 0.25) is 0 Å². The summed E-state index contributed by atoms with van der Waals surface area (Å²) in [7, 11) is 1.97. The second-order valence-electron chi connectivity index (χ2n) is 5.48. The van der Waals surface area contributed by atoms with Crippen molar-refractivity contribution in [2.45, 2.75) is 32.2 Å². The van der Waals surface area contributed by atoms with Crippen molar-refractivity contribution in [3.8, 4) is 0 Å². The molecule has 1 fully saturated rings. The highest BCUT2D eigenvalue weighted by molar-refractivity contribution is 6.17. The van der Waals surface area contributed by atoms with E-state index in [1.807, 2.05) is 18.7 Å². The zero-order valence-corrected chi connectivity index (χ0v) is 12.4. The summed E-state index contributed by atoms with van der Waals surface area (Å²) in [6.45, 7) is 5.74. The van der Waals surface area contributed by atoms with Crippen LogP contribution >= 0.6 is 11.6 Å². The Morgan fingerprint density at radius 3 is 2.89 bits per heavy atom. The Bertz CT molecular complexity index is 610. The van der Waals surface area contributed by atoms with Gasteiger partial charge >= 0.3 is 0 Å². The van der Waals surface area contributed by atoms with Crippen molar-refractivity contribution < 1.29 is 4.74 Å². The van der Waals surface area contributed by atoms with Crippen LogP contribution in [0.5, 0.6) is 0 Å². The standard InChI is InChI=1S/C13H19ClN4O/c1-9-11-12(17(3)16-9)18(10(15-11)4-6-14)13(2)5-7-19-8-13/h4-8H2,1-3H3. The van der Waals surface area contributed by atoms with Crippen LogP contribution in [0, 0.1) is 6.92 Å². The maximum Gasteiger partial charge on any atom is 0.159 e. The molecule has 0 amide bonds. The molecule has 0 bridgehead atoms. The van der Waals surface area contributed by atoms with E-state index >= 15 is 0 Å². The molecule has 1 atom stereocenters. The topological polar surface area (TPSA) is 44.9 Å². The van der Waals surface area contributed by atoms with Gasteiger partial charge in [0.2, 0.25) is 0 Å². The van der Waals surface area contributed by atoms with Crippen LogP contribution in [0.1, 0.15) is 24.9 Å². The van der Waals surface area contributed by atoms with Gasteiger partial charge in [-0.15, -0.1) is 11.6 Å². The van der Waals surface area contributed by atoms with Crippen LogP contribution in [0.4, 0.5) is 0 Å². The van der Waals surface area contributed by atoms with Gasteiger partial charge in [0, 0.05) is 26.0 Å². The Balaban J connectivity index is 2.26. The highest BCUT2D eigenvalue weighted by atomic mass is 35.5. The second-order valence-corrected chi connectivity index (χ2v) is 5.86. The van der Waals surface area contributed by atoms with E-state index in [2.05, 4.69) is 16.6 Å². The lowest BCUT2D eigenvalue weighted by atomic mass is 10.0. The van der Waals surface area contributed by atoms with Crippen molar-refractivity contribution in [3.63, 3.8) is 0 Å². The Morgan fingerprint density at radius 1 is 1.47 bits per heavy atom. The van der Waals surface area contributed by atoms with Gasteiger partial charge in [-0.3, -0.25) is 4.68 Å². The SMILES string of the molecule is Cc1nn(C)c2c1nc(CCCl)n2C1(C)CCOC1.